The maximum atomic E-state index is 13.1. The number of rotatable bonds is 2. The molecule has 2 aromatic carbocycles. The number of alkyl halides is 2. The molecule has 0 aliphatic carbocycles. The van der Waals surface area contributed by atoms with Gasteiger partial charge in [-0.25, -0.2) is 4.39 Å². The van der Waals surface area contributed by atoms with Crippen molar-refractivity contribution in [2.24, 2.45) is 0 Å². The Morgan fingerprint density at radius 3 is 2.12 bits per heavy atom. The zero-order valence-electron chi connectivity index (χ0n) is 8.63. The van der Waals surface area contributed by atoms with Gasteiger partial charge in [0.25, 0.3) is 0 Å². The summed E-state index contributed by atoms with van der Waals surface area (Å²) in [7, 11) is 0. The fourth-order valence-corrected chi connectivity index (χ4v) is 2.12. The molecule has 0 spiro atoms. The standard InChI is InChI=1S/C13H8Cl3F/c14-11-6-4-9(5-7-11)13(15,16)10-2-1-3-12(17)8-10/h1-8H. The minimum atomic E-state index is -1.29. The molecule has 0 fully saturated rings. The number of hydrogen-bond donors (Lipinski definition) is 0. The van der Waals surface area contributed by atoms with E-state index in [-0.39, 0.29) is 5.82 Å². The van der Waals surface area contributed by atoms with Crippen LogP contribution in [0.1, 0.15) is 11.1 Å². The molecule has 0 saturated carbocycles. The molecule has 88 valence electrons. The van der Waals surface area contributed by atoms with Crippen molar-refractivity contribution < 1.29 is 4.39 Å². The van der Waals surface area contributed by atoms with E-state index in [0.717, 1.165) is 0 Å². The van der Waals surface area contributed by atoms with Gasteiger partial charge in [0.1, 0.15) is 5.82 Å². The van der Waals surface area contributed by atoms with Crippen molar-refractivity contribution in [3.63, 3.8) is 0 Å². The summed E-state index contributed by atoms with van der Waals surface area (Å²) in [4.78, 5) is 0. The number of hydrogen-bond acceptors (Lipinski definition) is 0. The van der Waals surface area contributed by atoms with Crippen LogP contribution in [0.4, 0.5) is 4.39 Å². The predicted molar refractivity (Wildman–Crippen MR) is 70.3 cm³/mol. The van der Waals surface area contributed by atoms with Crippen molar-refractivity contribution in [2.75, 3.05) is 0 Å². The van der Waals surface area contributed by atoms with E-state index in [9.17, 15) is 4.39 Å². The molecule has 4 heteroatoms. The Bertz CT molecular complexity index is 520. The van der Waals surface area contributed by atoms with Crippen molar-refractivity contribution in [3.8, 4) is 0 Å². The van der Waals surface area contributed by atoms with Crippen molar-refractivity contribution >= 4 is 34.8 Å². The van der Waals surface area contributed by atoms with Gasteiger partial charge in [0.2, 0.25) is 0 Å². The fourth-order valence-electron chi connectivity index (χ4n) is 1.51. The lowest BCUT2D eigenvalue weighted by Crippen LogP contribution is -2.12. The molecule has 0 nitrogen and oxygen atoms in total. The Balaban J connectivity index is 2.45. The molecule has 0 heterocycles. The second-order valence-corrected chi connectivity index (χ2v) is 5.36. The monoisotopic (exact) mass is 288 g/mol. The molecule has 0 saturated heterocycles. The van der Waals surface area contributed by atoms with Crippen molar-refractivity contribution in [1.29, 1.82) is 0 Å². The van der Waals surface area contributed by atoms with Gasteiger partial charge in [-0.2, -0.15) is 0 Å². The molecule has 2 rings (SSSR count). The van der Waals surface area contributed by atoms with Crippen LogP contribution in [0.2, 0.25) is 5.02 Å². The molecule has 0 atom stereocenters. The zero-order chi connectivity index (χ0) is 12.5. The number of benzene rings is 2. The predicted octanol–water partition coefficient (Wildman–Crippen LogP) is 5.16. The van der Waals surface area contributed by atoms with Crippen LogP contribution in [0.25, 0.3) is 0 Å². The van der Waals surface area contributed by atoms with E-state index in [2.05, 4.69) is 0 Å². The van der Waals surface area contributed by atoms with Gasteiger partial charge in [0.15, 0.2) is 4.33 Å². The molecule has 0 N–H and O–H groups in total. The first-order chi connectivity index (χ1) is 8.00. The largest absolute Gasteiger partial charge is 0.207 e. The minimum Gasteiger partial charge on any atom is -0.207 e. The van der Waals surface area contributed by atoms with E-state index in [4.69, 9.17) is 34.8 Å². The summed E-state index contributed by atoms with van der Waals surface area (Å²) in [5, 5.41) is 0.595. The topological polar surface area (TPSA) is 0 Å². The third kappa shape index (κ3) is 2.74. The third-order valence-electron chi connectivity index (χ3n) is 2.39. The van der Waals surface area contributed by atoms with E-state index in [1.54, 1.807) is 36.4 Å². The second kappa shape index (κ2) is 4.85. The highest BCUT2D eigenvalue weighted by Crippen LogP contribution is 2.41. The Kier molecular flexibility index (Phi) is 3.62. The van der Waals surface area contributed by atoms with Crippen LogP contribution in [0.3, 0.4) is 0 Å². The van der Waals surface area contributed by atoms with E-state index in [1.165, 1.54) is 12.1 Å². The van der Waals surface area contributed by atoms with E-state index >= 15 is 0 Å². The maximum Gasteiger partial charge on any atom is 0.168 e. The van der Waals surface area contributed by atoms with Crippen LogP contribution < -0.4 is 0 Å². The molecule has 0 radical (unpaired) electrons. The SMILES string of the molecule is Fc1cccc(C(Cl)(Cl)c2ccc(Cl)cc2)c1. The first kappa shape index (κ1) is 12.7. The summed E-state index contributed by atoms with van der Waals surface area (Å²) in [6.45, 7) is 0. The second-order valence-electron chi connectivity index (χ2n) is 3.59. The van der Waals surface area contributed by atoms with E-state index in [1.807, 2.05) is 0 Å². The average Bonchev–Trinajstić information content (AvgIpc) is 2.29. The Labute approximate surface area is 114 Å². The van der Waals surface area contributed by atoms with Crippen LogP contribution in [0, 0.1) is 5.82 Å². The summed E-state index contributed by atoms with van der Waals surface area (Å²) < 4.78 is 11.9. The van der Waals surface area contributed by atoms with Crippen LogP contribution in [0.15, 0.2) is 48.5 Å². The summed E-state index contributed by atoms with van der Waals surface area (Å²) in [6, 6.07) is 12.7. The molecule has 0 aromatic heterocycles. The zero-order valence-corrected chi connectivity index (χ0v) is 10.9. The molecule has 0 aliphatic heterocycles. The highest BCUT2D eigenvalue weighted by molar-refractivity contribution is 6.50. The molecule has 0 aliphatic rings. The van der Waals surface area contributed by atoms with Gasteiger partial charge in [-0.3, -0.25) is 0 Å². The van der Waals surface area contributed by atoms with Crippen LogP contribution in [0.5, 0.6) is 0 Å². The first-order valence-corrected chi connectivity index (χ1v) is 6.03. The normalized spacial score (nSPS) is 11.5. The van der Waals surface area contributed by atoms with Gasteiger partial charge >= 0.3 is 0 Å². The van der Waals surface area contributed by atoms with Gasteiger partial charge in [0, 0.05) is 5.02 Å². The van der Waals surface area contributed by atoms with Crippen molar-refractivity contribution in [1.82, 2.24) is 0 Å². The Morgan fingerprint density at radius 2 is 1.53 bits per heavy atom. The fraction of sp³-hybridized carbons (Fsp3) is 0.0769. The molecule has 0 bridgehead atoms. The van der Waals surface area contributed by atoms with Gasteiger partial charge in [-0.05, 0) is 35.4 Å². The highest BCUT2D eigenvalue weighted by Gasteiger charge is 2.29. The average molecular weight is 290 g/mol. The van der Waals surface area contributed by atoms with Crippen molar-refractivity contribution in [2.45, 2.75) is 4.33 Å². The molecule has 0 unspecified atom stereocenters. The van der Waals surface area contributed by atoms with E-state index < -0.39 is 4.33 Å². The summed E-state index contributed by atoms with van der Waals surface area (Å²) in [5.41, 5.74) is 1.14. The van der Waals surface area contributed by atoms with Gasteiger partial charge in [-0.15, -0.1) is 0 Å². The summed E-state index contributed by atoms with van der Waals surface area (Å²) in [5.74, 6) is -0.373. The lowest BCUT2D eigenvalue weighted by Gasteiger charge is -2.20. The van der Waals surface area contributed by atoms with Gasteiger partial charge < -0.3 is 0 Å². The minimum absolute atomic E-state index is 0.373. The molecule has 0 amide bonds. The van der Waals surface area contributed by atoms with E-state index in [0.29, 0.717) is 16.1 Å². The lowest BCUT2D eigenvalue weighted by atomic mass is 10.0. The number of halogens is 4. The third-order valence-corrected chi connectivity index (χ3v) is 3.52. The van der Waals surface area contributed by atoms with Crippen LogP contribution >= 0.6 is 34.8 Å². The lowest BCUT2D eigenvalue weighted by molar-refractivity contribution is 0.625. The first-order valence-electron chi connectivity index (χ1n) is 4.90. The maximum absolute atomic E-state index is 13.1. The van der Waals surface area contributed by atoms with Gasteiger partial charge in [-0.1, -0.05) is 59.1 Å². The van der Waals surface area contributed by atoms with Gasteiger partial charge in [0.05, 0.1) is 0 Å². The highest BCUT2D eigenvalue weighted by atomic mass is 35.5. The smallest absolute Gasteiger partial charge is 0.168 e. The van der Waals surface area contributed by atoms with Crippen LogP contribution in [-0.4, -0.2) is 0 Å². The molecular weight excluding hydrogens is 282 g/mol. The summed E-state index contributed by atoms with van der Waals surface area (Å²) in [6.07, 6.45) is 0. The van der Waals surface area contributed by atoms with Crippen LogP contribution in [-0.2, 0) is 4.33 Å². The quantitative estimate of drug-likeness (QED) is 0.670. The molecule has 2 aromatic rings. The Morgan fingerprint density at radius 1 is 0.882 bits per heavy atom. The molecular formula is C13H8Cl3F. The van der Waals surface area contributed by atoms with Crippen molar-refractivity contribution in [3.05, 3.63) is 70.5 Å². The summed E-state index contributed by atoms with van der Waals surface area (Å²) >= 11 is 18.3. The molecule has 17 heavy (non-hydrogen) atoms. The Hall–Kier alpha value is -0.760.